The number of benzene rings is 2. The molecule has 3 rings (SSSR count). The average molecular weight is 347 g/mol. The zero-order valence-corrected chi connectivity index (χ0v) is 12.6. The van der Waals surface area contributed by atoms with Crippen molar-refractivity contribution in [2.24, 2.45) is 0 Å². The standard InChI is InChI=1S/C16H11F2N3O4/c17-10-6-11(18)14(21(24)25)7-13(10)20-15(22)4-8-1-2-9-5-16(23)19-12(9)3-8/h1-3,6-7H,4-5H2,(H,19,23)(H,20,22). The van der Waals surface area contributed by atoms with Gasteiger partial charge < -0.3 is 10.6 Å². The maximum absolute atomic E-state index is 13.7. The Morgan fingerprint density at radius 1 is 1.24 bits per heavy atom. The minimum Gasteiger partial charge on any atom is -0.326 e. The third-order valence-corrected chi connectivity index (χ3v) is 3.67. The predicted octanol–water partition coefficient (Wildman–Crippen LogP) is 2.55. The number of hydrogen-bond acceptors (Lipinski definition) is 4. The molecule has 1 heterocycles. The van der Waals surface area contributed by atoms with Crippen molar-refractivity contribution in [2.75, 3.05) is 10.6 Å². The Balaban J connectivity index is 1.75. The summed E-state index contributed by atoms with van der Waals surface area (Å²) >= 11 is 0. The first kappa shape index (κ1) is 16.5. The summed E-state index contributed by atoms with van der Waals surface area (Å²) in [6.07, 6.45) is 0.125. The van der Waals surface area contributed by atoms with Crippen LogP contribution in [0, 0.1) is 21.7 Å². The van der Waals surface area contributed by atoms with Crippen molar-refractivity contribution in [3.8, 4) is 0 Å². The van der Waals surface area contributed by atoms with Crippen LogP contribution in [0.3, 0.4) is 0 Å². The number of nitrogens with zero attached hydrogens (tertiary/aromatic N) is 1. The van der Waals surface area contributed by atoms with Gasteiger partial charge in [0.2, 0.25) is 17.6 Å². The molecular formula is C16H11F2N3O4. The number of carbonyl (C=O) groups excluding carboxylic acids is 2. The molecule has 128 valence electrons. The summed E-state index contributed by atoms with van der Waals surface area (Å²) in [5, 5.41) is 15.5. The third-order valence-electron chi connectivity index (χ3n) is 3.67. The van der Waals surface area contributed by atoms with Crippen molar-refractivity contribution < 1.29 is 23.3 Å². The Hall–Kier alpha value is -3.36. The lowest BCUT2D eigenvalue weighted by Gasteiger charge is -2.08. The maximum Gasteiger partial charge on any atom is 0.307 e. The highest BCUT2D eigenvalue weighted by Gasteiger charge is 2.21. The van der Waals surface area contributed by atoms with Crippen LogP contribution in [-0.4, -0.2) is 16.7 Å². The molecule has 0 fully saturated rings. The Labute approximate surface area is 139 Å². The normalized spacial score (nSPS) is 12.5. The molecule has 0 saturated heterocycles. The van der Waals surface area contributed by atoms with Gasteiger partial charge in [0.15, 0.2) is 0 Å². The van der Waals surface area contributed by atoms with Gasteiger partial charge >= 0.3 is 5.69 Å². The highest BCUT2D eigenvalue weighted by atomic mass is 19.1. The van der Waals surface area contributed by atoms with E-state index in [0.29, 0.717) is 23.4 Å². The first-order valence-electron chi connectivity index (χ1n) is 7.18. The summed E-state index contributed by atoms with van der Waals surface area (Å²) in [5.41, 5.74) is 0.577. The zero-order chi connectivity index (χ0) is 18.1. The Kier molecular flexibility index (Phi) is 4.14. The second kappa shape index (κ2) is 6.27. The molecule has 7 nitrogen and oxygen atoms in total. The minimum absolute atomic E-state index is 0.141. The van der Waals surface area contributed by atoms with Gasteiger partial charge in [-0.2, -0.15) is 4.39 Å². The highest BCUT2D eigenvalue weighted by Crippen LogP contribution is 2.26. The fraction of sp³-hybridized carbons (Fsp3) is 0.125. The van der Waals surface area contributed by atoms with Crippen LogP contribution in [-0.2, 0) is 22.4 Å². The van der Waals surface area contributed by atoms with E-state index >= 15 is 0 Å². The molecule has 25 heavy (non-hydrogen) atoms. The molecule has 0 bridgehead atoms. The van der Waals surface area contributed by atoms with E-state index in [1.165, 1.54) is 0 Å². The van der Waals surface area contributed by atoms with Gasteiger partial charge in [0.1, 0.15) is 5.82 Å². The molecule has 2 N–H and O–H groups in total. The number of amides is 2. The molecule has 0 aliphatic carbocycles. The van der Waals surface area contributed by atoms with Crippen LogP contribution in [0.1, 0.15) is 11.1 Å². The van der Waals surface area contributed by atoms with E-state index in [2.05, 4.69) is 10.6 Å². The Morgan fingerprint density at radius 3 is 2.72 bits per heavy atom. The van der Waals surface area contributed by atoms with Crippen molar-refractivity contribution in [2.45, 2.75) is 12.8 Å². The molecule has 0 aromatic heterocycles. The van der Waals surface area contributed by atoms with Gasteiger partial charge in [-0.15, -0.1) is 0 Å². The number of fused-ring (bicyclic) bond motifs is 1. The van der Waals surface area contributed by atoms with Crippen LogP contribution in [0.4, 0.5) is 25.8 Å². The van der Waals surface area contributed by atoms with Gasteiger partial charge in [-0.3, -0.25) is 19.7 Å². The molecule has 9 heteroatoms. The van der Waals surface area contributed by atoms with Gasteiger partial charge in [0, 0.05) is 17.8 Å². The van der Waals surface area contributed by atoms with Crippen molar-refractivity contribution in [1.29, 1.82) is 0 Å². The number of halogens is 2. The third kappa shape index (κ3) is 3.44. The molecule has 1 aliphatic rings. The molecule has 0 radical (unpaired) electrons. The molecule has 2 aromatic rings. The molecule has 0 saturated carbocycles. The van der Waals surface area contributed by atoms with E-state index in [1.807, 2.05) is 0 Å². The average Bonchev–Trinajstić information content (AvgIpc) is 2.89. The second-order valence-corrected chi connectivity index (χ2v) is 5.48. The van der Waals surface area contributed by atoms with Crippen molar-refractivity contribution in [3.05, 3.63) is 63.2 Å². The molecule has 1 aliphatic heterocycles. The molecule has 0 unspecified atom stereocenters. The number of nitro benzene ring substituents is 1. The number of carbonyl (C=O) groups is 2. The van der Waals surface area contributed by atoms with Crippen molar-refractivity contribution >= 4 is 28.9 Å². The Morgan fingerprint density at radius 2 is 2.00 bits per heavy atom. The monoisotopic (exact) mass is 347 g/mol. The Bertz CT molecular complexity index is 914. The number of anilines is 2. The predicted molar refractivity (Wildman–Crippen MR) is 84.1 cm³/mol. The van der Waals surface area contributed by atoms with E-state index in [1.54, 1.807) is 18.2 Å². The molecule has 0 spiro atoms. The van der Waals surface area contributed by atoms with E-state index in [0.717, 1.165) is 5.56 Å². The fourth-order valence-corrected chi connectivity index (χ4v) is 2.52. The van der Waals surface area contributed by atoms with Crippen LogP contribution in [0.25, 0.3) is 0 Å². The fourth-order valence-electron chi connectivity index (χ4n) is 2.52. The molecule has 2 aromatic carbocycles. The summed E-state index contributed by atoms with van der Waals surface area (Å²) in [7, 11) is 0. The number of nitro groups is 1. The summed E-state index contributed by atoms with van der Waals surface area (Å²) in [4.78, 5) is 33.0. The summed E-state index contributed by atoms with van der Waals surface area (Å²) in [6.45, 7) is 0. The molecular weight excluding hydrogens is 336 g/mol. The lowest BCUT2D eigenvalue weighted by atomic mass is 10.1. The van der Waals surface area contributed by atoms with E-state index in [9.17, 15) is 28.5 Å². The van der Waals surface area contributed by atoms with Crippen molar-refractivity contribution in [3.63, 3.8) is 0 Å². The smallest absolute Gasteiger partial charge is 0.307 e. The highest BCUT2D eigenvalue weighted by molar-refractivity contribution is 5.99. The largest absolute Gasteiger partial charge is 0.326 e. The van der Waals surface area contributed by atoms with E-state index in [-0.39, 0.29) is 18.7 Å². The lowest BCUT2D eigenvalue weighted by molar-refractivity contribution is -0.387. The van der Waals surface area contributed by atoms with Gasteiger partial charge in [0.05, 0.1) is 23.5 Å². The molecule has 2 amide bonds. The van der Waals surface area contributed by atoms with E-state index < -0.39 is 33.8 Å². The van der Waals surface area contributed by atoms with E-state index in [4.69, 9.17) is 0 Å². The SMILES string of the molecule is O=C(Cc1ccc2c(c1)NC(=O)C2)Nc1cc([N+](=O)[O-])c(F)cc1F. The van der Waals surface area contributed by atoms with Crippen LogP contribution in [0.2, 0.25) is 0 Å². The summed E-state index contributed by atoms with van der Waals surface area (Å²) < 4.78 is 27.0. The number of rotatable bonds is 4. The zero-order valence-electron chi connectivity index (χ0n) is 12.6. The van der Waals surface area contributed by atoms with Crippen LogP contribution < -0.4 is 10.6 Å². The number of nitrogens with one attached hydrogen (secondary N) is 2. The van der Waals surface area contributed by atoms with Crippen LogP contribution in [0.5, 0.6) is 0 Å². The lowest BCUT2D eigenvalue weighted by Crippen LogP contribution is -2.16. The van der Waals surface area contributed by atoms with Crippen molar-refractivity contribution in [1.82, 2.24) is 0 Å². The van der Waals surface area contributed by atoms with Crippen LogP contribution >= 0.6 is 0 Å². The van der Waals surface area contributed by atoms with Crippen LogP contribution in [0.15, 0.2) is 30.3 Å². The van der Waals surface area contributed by atoms with Gasteiger partial charge in [0.25, 0.3) is 0 Å². The topological polar surface area (TPSA) is 101 Å². The first-order valence-corrected chi connectivity index (χ1v) is 7.18. The number of hydrogen-bond donors (Lipinski definition) is 2. The quantitative estimate of drug-likeness (QED) is 0.655. The van der Waals surface area contributed by atoms with Gasteiger partial charge in [-0.05, 0) is 17.2 Å². The first-order chi connectivity index (χ1) is 11.8. The van der Waals surface area contributed by atoms with Gasteiger partial charge in [-0.1, -0.05) is 12.1 Å². The summed E-state index contributed by atoms with van der Waals surface area (Å²) in [5.74, 6) is -3.21. The van der Waals surface area contributed by atoms with Gasteiger partial charge in [-0.25, -0.2) is 4.39 Å². The minimum atomic E-state index is -1.32. The maximum atomic E-state index is 13.7. The second-order valence-electron chi connectivity index (χ2n) is 5.48. The summed E-state index contributed by atoms with van der Waals surface area (Å²) in [6, 6.07) is 5.97. The molecule has 0 atom stereocenters.